The van der Waals surface area contributed by atoms with Crippen molar-refractivity contribution in [2.45, 2.75) is 26.7 Å². The summed E-state index contributed by atoms with van der Waals surface area (Å²) in [4.78, 5) is 35.0. The van der Waals surface area contributed by atoms with E-state index in [-0.39, 0.29) is 17.5 Å². The molecule has 0 aliphatic heterocycles. The number of nitrogens with zero attached hydrogens (tertiary/aromatic N) is 2. The number of rotatable bonds is 5. The molecule has 0 saturated heterocycles. The van der Waals surface area contributed by atoms with E-state index in [4.69, 9.17) is 4.74 Å². The van der Waals surface area contributed by atoms with Crippen molar-refractivity contribution in [3.63, 3.8) is 0 Å². The van der Waals surface area contributed by atoms with E-state index in [0.29, 0.717) is 10.8 Å². The van der Waals surface area contributed by atoms with Crippen LogP contribution in [0.1, 0.15) is 50.6 Å². The van der Waals surface area contributed by atoms with Crippen LogP contribution >= 0.6 is 22.7 Å². The first-order valence-electron chi connectivity index (χ1n) is 8.34. The molecule has 6 nitrogen and oxygen atoms in total. The maximum Gasteiger partial charge on any atom is 0.357 e. The SMILES string of the molecule is COC(=O)c1nc(NC(=O)c2nc(C)sc2-c2ccccc2)sc1C(C)C. The highest BCUT2D eigenvalue weighted by molar-refractivity contribution is 7.16. The molecule has 0 spiro atoms. The zero-order valence-corrected chi connectivity index (χ0v) is 17.0. The first-order chi connectivity index (χ1) is 12.9. The predicted octanol–water partition coefficient (Wildman–Crippen LogP) is 4.74. The van der Waals surface area contributed by atoms with E-state index in [1.165, 1.54) is 29.8 Å². The fraction of sp³-hybridized carbons (Fsp3) is 0.263. The Morgan fingerprint density at radius 3 is 2.41 bits per heavy atom. The van der Waals surface area contributed by atoms with Gasteiger partial charge in [0.15, 0.2) is 10.8 Å². The minimum Gasteiger partial charge on any atom is -0.464 e. The normalized spacial score (nSPS) is 10.9. The molecule has 2 heterocycles. The van der Waals surface area contributed by atoms with Crippen LogP contribution in [0, 0.1) is 6.92 Å². The van der Waals surface area contributed by atoms with Crippen LogP contribution in [0.3, 0.4) is 0 Å². The van der Waals surface area contributed by atoms with E-state index < -0.39 is 5.97 Å². The van der Waals surface area contributed by atoms with Gasteiger partial charge in [0.1, 0.15) is 5.69 Å². The number of thiazole rings is 2. The molecule has 0 atom stereocenters. The zero-order valence-electron chi connectivity index (χ0n) is 15.4. The van der Waals surface area contributed by atoms with Gasteiger partial charge in [0.05, 0.1) is 17.0 Å². The Morgan fingerprint density at radius 1 is 1.07 bits per heavy atom. The standard InChI is InChI=1S/C19H19N3O3S2/c1-10(2)15-14(18(24)25-4)21-19(27-15)22-17(23)13-16(26-11(3)20-13)12-8-6-5-7-9-12/h5-10H,1-4H3,(H,21,22,23). The van der Waals surface area contributed by atoms with Gasteiger partial charge in [-0.25, -0.2) is 14.8 Å². The summed E-state index contributed by atoms with van der Waals surface area (Å²) in [6.07, 6.45) is 0. The number of amides is 1. The molecule has 0 unspecified atom stereocenters. The maximum atomic E-state index is 12.8. The van der Waals surface area contributed by atoms with Crippen LogP contribution in [-0.2, 0) is 4.74 Å². The number of benzene rings is 1. The Kier molecular flexibility index (Phi) is 5.67. The third-order valence-corrected chi connectivity index (χ3v) is 6.05. The molecule has 8 heteroatoms. The van der Waals surface area contributed by atoms with E-state index in [9.17, 15) is 9.59 Å². The Hall–Kier alpha value is -2.58. The van der Waals surface area contributed by atoms with Gasteiger partial charge in [0.2, 0.25) is 0 Å². The van der Waals surface area contributed by atoms with E-state index >= 15 is 0 Å². The van der Waals surface area contributed by atoms with Gasteiger partial charge < -0.3 is 4.74 Å². The largest absolute Gasteiger partial charge is 0.464 e. The van der Waals surface area contributed by atoms with Gasteiger partial charge >= 0.3 is 5.97 Å². The number of aryl methyl sites for hydroxylation is 1. The highest BCUT2D eigenvalue weighted by atomic mass is 32.1. The molecule has 0 bridgehead atoms. The number of nitrogens with one attached hydrogen (secondary N) is 1. The number of aromatic nitrogens is 2. The molecule has 27 heavy (non-hydrogen) atoms. The molecule has 0 aliphatic carbocycles. The molecule has 1 amide bonds. The summed E-state index contributed by atoms with van der Waals surface area (Å²) in [5.74, 6) is -0.771. The lowest BCUT2D eigenvalue weighted by Crippen LogP contribution is -2.13. The maximum absolute atomic E-state index is 12.8. The molecule has 3 aromatic rings. The summed E-state index contributed by atoms with van der Waals surface area (Å²) in [5.41, 5.74) is 1.53. The van der Waals surface area contributed by atoms with Crippen molar-refractivity contribution in [1.82, 2.24) is 9.97 Å². The van der Waals surface area contributed by atoms with Gasteiger partial charge in [-0.15, -0.1) is 22.7 Å². The minimum atomic E-state index is -0.509. The van der Waals surface area contributed by atoms with Gasteiger partial charge in [-0.2, -0.15) is 0 Å². The smallest absolute Gasteiger partial charge is 0.357 e. The average molecular weight is 402 g/mol. The zero-order chi connectivity index (χ0) is 19.6. The van der Waals surface area contributed by atoms with Crippen molar-refractivity contribution in [3.05, 3.63) is 51.6 Å². The molecule has 0 saturated carbocycles. The lowest BCUT2D eigenvalue weighted by Gasteiger charge is -2.02. The van der Waals surface area contributed by atoms with Crippen molar-refractivity contribution < 1.29 is 14.3 Å². The van der Waals surface area contributed by atoms with E-state index in [1.54, 1.807) is 0 Å². The highest BCUT2D eigenvalue weighted by Gasteiger charge is 2.24. The third kappa shape index (κ3) is 4.06. The van der Waals surface area contributed by atoms with Crippen LogP contribution in [0.5, 0.6) is 0 Å². The van der Waals surface area contributed by atoms with Crippen LogP contribution < -0.4 is 5.32 Å². The summed E-state index contributed by atoms with van der Waals surface area (Å²) in [6.45, 7) is 5.79. The second-order valence-corrected chi connectivity index (χ2v) is 8.34. The summed E-state index contributed by atoms with van der Waals surface area (Å²) < 4.78 is 4.79. The number of hydrogen-bond donors (Lipinski definition) is 1. The minimum absolute atomic E-state index is 0.0867. The molecule has 1 aromatic carbocycles. The average Bonchev–Trinajstić information content (AvgIpc) is 3.25. The number of hydrogen-bond acceptors (Lipinski definition) is 7. The lowest BCUT2D eigenvalue weighted by molar-refractivity contribution is 0.0593. The lowest BCUT2D eigenvalue weighted by atomic mass is 10.1. The molecule has 1 N–H and O–H groups in total. The molecule has 140 valence electrons. The number of esters is 1. The summed E-state index contributed by atoms with van der Waals surface area (Å²) in [5, 5.41) is 3.94. The number of carbonyl (C=O) groups excluding carboxylic acids is 2. The topological polar surface area (TPSA) is 81.2 Å². The second kappa shape index (κ2) is 7.98. The monoisotopic (exact) mass is 401 g/mol. The summed E-state index contributed by atoms with van der Waals surface area (Å²) >= 11 is 2.74. The number of methoxy groups -OCH3 is 1. The van der Waals surface area contributed by atoms with Gasteiger partial charge in [-0.1, -0.05) is 44.2 Å². The first kappa shape index (κ1) is 19.2. The van der Waals surface area contributed by atoms with Crippen LogP contribution in [0.2, 0.25) is 0 Å². The Balaban J connectivity index is 1.92. The van der Waals surface area contributed by atoms with Crippen molar-refractivity contribution in [3.8, 4) is 10.4 Å². The van der Waals surface area contributed by atoms with Crippen LogP contribution in [0.15, 0.2) is 30.3 Å². The third-order valence-electron chi connectivity index (χ3n) is 3.76. The van der Waals surface area contributed by atoms with Crippen molar-refractivity contribution >= 4 is 39.7 Å². The van der Waals surface area contributed by atoms with Crippen LogP contribution in [-0.4, -0.2) is 29.0 Å². The molecule has 0 aliphatic rings. The van der Waals surface area contributed by atoms with Crippen LogP contribution in [0.4, 0.5) is 5.13 Å². The predicted molar refractivity (Wildman–Crippen MR) is 108 cm³/mol. The Labute approximate surface area is 165 Å². The number of ether oxygens (including phenoxy) is 1. The van der Waals surface area contributed by atoms with Crippen molar-refractivity contribution in [1.29, 1.82) is 0 Å². The highest BCUT2D eigenvalue weighted by Crippen LogP contribution is 2.33. The van der Waals surface area contributed by atoms with Crippen LogP contribution in [0.25, 0.3) is 10.4 Å². The summed E-state index contributed by atoms with van der Waals surface area (Å²) in [6, 6.07) is 9.65. The Morgan fingerprint density at radius 2 is 1.78 bits per heavy atom. The first-order valence-corrected chi connectivity index (χ1v) is 9.97. The van der Waals surface area contributed by atoms with Gasteiger partial charge in [0.25, 0.3) is 5.91 Å². The quantitative estimate of drug-likeness (QED) is 0.625. The molecule has 0 radical (unpaired) electrons. The fourth-order valence-electron chi connectivity index (χ4n) is 2.54. The molecular formula is C19H19N3O3S2. The second-order valence-electron chi connectivity index (χ2n) is 6.11. The number of anilines is 1. The molecular weight excluding hydrogens is 382 g/mol. The summed E-state index contributed by atoms with van der Waals surface area (Å²) in [7, 11) is 1.31. The molecule has 3 rings (SSSR count). The molecule has 0 fully saturated rings. The van der Waals surface area contributed by atoms with E-state index in [2.05, 4.69) is 15.3 Å². The number of carbonyl (C=O) groups is 2. The Bertz CT molecular complexity index is 978. The van der Waals surface area contributed by atoms with E-state index in [1.807, 2.05) is 51.1 Å². The van der Waals surface area contributed by atoms with Gasteiger partial charge in [-0.3, -0.25) is 10.1 Å². The van der Waals surface area contributed by atoms with Gasteiger partial charge in [-0.05, 0) is 18.4 Å². The fourth-order valence-corrected chi connectivity index (χ4v) is 4.41. The van der Waals surface area contributed by atoms with Crippen molar-refractivity contribution in [2.24, 2.45) is 0 Å². The van der Waals surface area contributed by atoms with Gasteiger partial charge in [0, 0.05) is 4.88 Å². The van der Waals surface area contributed by atoms with Crippen molar-refractivity contribution in [2.75, 3.05) is 12.4 Å². The molecule has 2 aromatic heterocycles. The van der Waals surface area contributed by atoms with E-state index in [0.717, 1.165) is 20.3 Å².